The minimum absolute atomic E-state index is 0.0338. The first-order valence-electron chi connectivity index (χ1n) is 11.2. The Morgan fingerprint density at radius 1 is 1.36 bits per heavy atom. The number of aryl methyl sites for hydroxylation is 1. The molecular formula is C25H30N4O4. The molecule has 0 aliphatic carbocycles. The Morgan fingerprint density at radius 3 is 2.73 bits per heavy atom. The van der Waals surface area contributed by atoms with Gasteiger partial charge in [0.1, 0.15) is 5.75 Å². The number of anilines is 1. The smallest absolute Gasteiger partial charge is 0.255 e. The highest BCUT2D eigenvalue weighted by Gasteiger charge is 2.54. The van der Waals surface area contributed by atoms with E-state index in [9.17, 15) is 14.7 Å². The van der Waals surface area contributed by atoms with E-state index in [2.05, 4.69) is 9.98 Å². The number of aliphatic hydroxyl groups is 1. The number of pyridine rings is 1. The fourth-order valence-corrected chi connectivity index (χ4v) is 4.99. The monoisotopic (exact) mass is 450 g/mol. The van der Waals surface area contributed by atoms with Gasteiger partial charge in [-0.05, 0) is 44.9 Å². The van der Waals surface area contributed by atoms with Gasteiger partial charge >= 0.3 is 0 Å². The standard InChI is InChI=1S/C25H30N4O4/c1-16(30)15-29-20-6-5-7-21(33-4)22(20)25(24(29)32)8-10-28(11-9-25)23(31)19-12-18(13-26-3)17(2)27-14-19/h5-7,12-14,16,30H,8-11,15H2,1-4H3. The van der Waals surface area contributed by atoms with Crippen molar-refractivity contribution in [2.45, 2.75) is 38.2 Å². The molecular weight excluding hydrogens is 420 g/mol. The van der Waals surface area contributed by atoms with Crippen LogP contribution >= 0.6 is 0 Å². The first-order chi connectivity index (χ1) is 15.8. The van der Waals surface area contributed by atoms with Crippen molar-refractivity contribution in [1.82, 2.24) is 9.88 Å². The molecule has 1 unspecified atom stereocenters. The molecule has 2 aliphatic heterocycles. The van der Waals surface area contributed by atoms with E-state index < -0.39 is 11.5 Å². The highest BCUT2D eigenvalue weighted by Crippen LogP contribution is 2.52. The Kier molecular flexibility index (Phi) is 6.21. The largest absolute Gasteiger partial charge is 0.496 e. The molecule has 1 atom stereocenters. The van der Waals surface area contributed by atoms with E-state index in [0.717, 1.165) is 22.5 Å². The van der Waals surface area contributed by atoms with Crippen LogP contribution in [0.25, 0.3) is 0 Å². The zero-order valence-corrected chi connectivity index (χ0v) is 19.5. The number of benzene rings is 1. The lowest BCUT2D eigenvalue weighted by Crippen LogP contribution is -2.51. The number of aliphatic imine (C=N–C) groups is 1. The fourth-order valence-electron chi connectivity index (χ4n) is 4.99. The molecule has 2 amide bonds. The van der Waals surface area contributed by atoms with E-state index in [-0.39, 0.29) is 18.4 Å². The molecule has 1 saturated heterocycles. The lowest BCUT2D eigenvalue weighted by Gasteiger charge is -2.39. The van der Waals surface area contributed by atoms with Gasteiger partial charge in [-0.2, -0.15) is 0 Å². The zero-order chi connectivity index (χ0) is 23.8. The average molecular weight is 451 g/mol. The number of aliphatic hydroxyl groups excluding tert-OH is 1. The molecule has 1 aromatic carbocycles. The number of fused-ring (bicyclic) bond motifs is 2. The molecule has 33 heavy (non-hydrogen) atoms. The maximum atomic E-state index is 13.7. The molecule has 0 radical (unpaired) electrons. The van der Waals surface area contributed by atoms with Crippen LogP contribution in [0.5, 0.6) is 5.75 Å². The van der Waals surface area contributed by atoms with Crippen LogP contribution in [-0.4, -0.2) is 72.9 Å². The molecule has 1 spiro atoms. The van der Waals surface area contributed by atoms with Crippen LogP contribution in [0, 0.1) is 6.92 Å². The lowest BCUT2D eigenvalue weighted by atomic mass is 9.73. The van der Waals surface area contributed by atoms with E-state index in [1.54, 1.807) is 43.3 Å². The SMILES string of the molecule is CN=Cc1cc(C(=O)N2CCC3(CC2)C(=O)N(CC(C)O)c2cccc(OC)c23)cnc1C. The van der Waals surface area contributed by atoms with Crippen molar-refractivity contribution in [2.24, 2.45) is 4.99 Å². The van der Waals surface area contributed by atoms with Crippen LogP contribution in [0.3, 0.4) is 0 Å². The van der Waals surface area contributed by atoms with Gasteiger partial charge < -0.3 is 19.6 Å². The Morgan fingerprint density at radius 2 is 2.09 bits per heavy atom. The average Bonchev–Trinajstić information content (AvgIpc) is 3.03. The zero-order valence-electron chi connectivity index (χ0n) is 19.5. The quantitative estimate of drug-likeness (QED) is 0.706. The molecule has 2 aliphatic rings. The molecule has 4 rings (SSSR count). The number of ether oxygens (including phenoxy) is 1. The lowest BCUT2D eigenvalue weighted by molar-refractivity contribution is -0.125. The molecule has 1 N–H and O–H groups in total. The third-order valence-electron chi connectivity index (χ3n) is 6.64. The summed E-state index contributed by atoms with van der Waals surface area (Å²) in [6.07, 6.45) is 3.62. The summed E-state index contributed by atoms with van der Waals surface area (Å²) in [6, 6.07) is 7.44. The predicted octanol–water partition coefficient (Wildman–Crippen LogP) is 2.35. The van der Waals surface area contributed by atoms with E-state index in [0.29, 0.717) is 37.2 Å². The van der Waals surface area contributed by atoms with Crippen molar-refractivity contribution in [3.63, 3.8) is 0 Å². The Bertz CT molecular complexity index is 1100. The third kappa shape index (κ3) is 3.88. The number of β-amino-alcohol motifs (C(OH)–C–C–N with tert-alkyl or cyclic N) is 1. The molecule has 3 heterocycles. The summed E-state index contributed by atoms with van der Waals surface area (Å²) < 4.78 is 5.63. The second kappa shape index (κ2) is 8.94. The normalized spacial score (nSPS) is 18.2. The second-order valence-corrected chi connectivity index (χ2v) is 8.78. The van der Waals surface area contributed by atoms with Crippen molar-refractivity contribution in [1.29, 1.82) is 0 Å². The number of nitrogens with zero attached hydrogens (tertiary/aromatic N) is 4. The van der Waals surface area contributed by atoms with Crippen molar-refractivity contribution in [3.05, 3.63) is 52.8 Å². The molecule has 174 valence electrons. The van der Waals surface area contributed by atoms with Gasteiger partial charge in [-0.1, -0.05) is 6.07 Å². The summed E-state index contributed by atoms with van der Waals surface area (Å²) in [5.41, 5.74) is 3.02. The van der Waals surface area contributed by atoms with E-state index in [1.165, 1.54) is 0 Å². The summed E-state index contributed by atoms with van der Waals surface area (Å²) >= 11 is 0. The summed E-state index contributed by atoms with van der Waals surface area (Å²) in [5.74, 6) is 0.531. The molecule has 8 heteroatoms. The number of likely N-dealkylation sites (tertiary alicyclic amines) is 1. The summed E-state index contributed by atoms with van der Waals surface area (Å²) in [4.78, 5) is 38.7. The maximum Gasteiger partial charge on any atom is 0.255 e. The Labute approximate surface area is 193 Å². The van der Waals surface area contributed by atoms with E-state index in [1.807, 2.05) is 31.2 Å². The minimum atomic E-state index is -0.765. The van der Waals surface area contributed by atoms with Gasteiger partial charge in [-0.15, -0.1) is 0 Å². The number of amides is 2. The van der Waals surface area contributed by atoms with Crippen LogP contribution in [0.15, 0.2) is 35.5 Å². The van der Waals surface area contributed by atoms with Gasteiger partial charge in [0.15, 0.2) is 0 Å². The van der Waals surface area contributed by atoms with Crippen molar-refractivity contribution in [2.75, 3.05) is 38.7 Å². The second-order valence-electron chi connectivity index (χ2n) is 8.78. The number of rotatable bonds is 5. The first kappa shape index (κ1) is 22.9. The van der Waals surface area contributed by atoms with E-state index >= 15 is 0 Å². The van der Waals surface area contributed by atoms with Gasteiger partial charge in [-0.25, -0.2) is 0 Å². The molecule has 0 saturated carbocycles. The van der Waals surface area contributed by atoms with Gasteiger partial charge in [0.25, 0.3) is 5.91 Å². The molecule has 8 nitrogen and oxygen atoms in total. The summed E-state index contributed by atoms with van der Waals surface area (Å²) in [7, 11) is 3.29. The minimum Gasteiger partial charge on any atom is -0.496 e. The van der Waals surface area contributed by atoms with Gasteiger partial charge in [0.05, 0.1) is 36.4 Å². The highest BCUT2D eigenvalue weighted by molar-refractivity contribution is 6.09. The Balaban J connectivity index is 1.62. The van der Waals surface area contributed by atoms with Crippen LogP contribution in [0.1, 0.15) is 46.9 Å². The Hall–Kier alpha value is -3.26. The summed E-state index contributed by atoms with van der Waals surface area (Å²) in [5, 5.41) is 10.00. The fraction of sp³-hybridized carbons (Fsp3) is 0.440. The van der Waals surface area contributed by atoms with Gasteiger partial charge in [0, 0.05) is 49.4 Å². The van der Waals surface area contributed by atoms with Gasteiger partial charge in [-0.3, -0.25) is 19.6 Å². The number of aromatic nitrogens is 1. The molecule has 0 bridgehead atoms. The van der Waals surface area contributed by atoms with Crippen molar-refractivity contribution in [3.8, 4) is 5.75 Å². The van der Waals surface area contributed by atoms with E-state index in [4.69, 9.17) is 4.74 Å². The topological polar surface area (TPSA) is 95.3 Å². The number of methoxy groups -OCH3 is 1. The first-order valence-corrected chi connectivity index (χ1v) is 11.2. The number of carbonyl (C=O) groups is 2. The molecule has 1 fully saturated rings. The van der Waals surface area contributed by atoms with Crippen LogP contribution in [0.2, 0.25) is 0 Å². The molecule has 2 aromatic rings. The molecule has 1 aromatic heterocycles. The number of hydrogen-bond acceptors (Lipinski definition) is 6. The number of carbonyl (C=O) groups excluding carboxylic acids is 2. The van der Waals surface area contributed by atoms with Crippen molar-refractivity contribution < 1.29 is 19.4 Å². The highest BCUT2D eigenvalue weighted by atomic mass is 16.5. The number of piperidine rings is 1. The summed E-state index contributed by atoms with van der Waals surface area (Å²) in [6.45, 7) is 4.66. The van der Waals surface area contributed by atoms with Crippen LogP contribution in [0.4, 0.5) is 5.69 Å². The van der Waals surface area contributed by atoms with Crippen molar-refractivity contribution >= 4 is 23.7 Å². The number of hydrogen-bond donors (Lipinski definition) is 1. The maximum absolute atomic E-state index is 13.7. The predicted molar refractivity (Wildman–Crippen MR) is 126 cm³/mol. The van der Waals surface area contributed by atoms with Crippen LogP contribution < -0.4 is 9.64 Å². The third-order valence-corrected chi connectivity index (χ3v) is 6.64. The van der Waals surface area contributed by atoms with Crippen LogP contribution in [-0.2, 0) is 10.2 Å². The van der Waals surface area contributed by atoms with Gasteiger partial charge in [0.2, 0.25) is 5.91 Å².